The molecule has 4 N–H and O–H groups in total. The standard InChI is InChI=1S/C17H20N3O10P.2Na/c18-11-6-7-20(17(25)19-11)15-13(22)12(21)10(29-15)8-28-31(26,27)30-14(16(23)24)9-4-2-1-3-5-9;;/h1-7,10,12-15,21-22H,8H2,(H,23,24)(H,26,27)(H2,18,19,25);;/q;2*+1/p-2/t10-,12-,13-,14+,15-;;/m1../s1. The summed E-state index contributed by atoms with van der Waals surface area (Å²) in [6.07, 6.45) is -6.83. The molecule has 1 aromatic carbocycles. The number of aliphatic hydroxyl groups is 2. The van der Waals surface area contributed by atoms with Crippen LogP contribution in [0.5, 0.6) is 0 Å². The van der Waals surface area contributed by atoms with E-state index < -0.39 is 56.7 Å². The smallest absolute Gasteiger partial charge is 0.756 e. The molecular weight excluding hydrogens is 483 g/mol. The third-order valence-corrected chi connectivity index (χ3v) is 5.35. The fourth-order valence-electron chi connectivity index (χ4n) is 2.91. The fraction of sp³-hybridized carbons (Fsp3) is 0.353. The number of carboxylic acid groups (broad SMARTS) is 1. The maximum absolute atomic E-state index is 12.1. The number of nitrogens with two attached hydrogens (primary N) is 1. The summed E-state index contributed by atoms with van der Waals surface area (Å²) in [4.78, 5) is 38.8. The van der Waals surface area contributed by atoms with E-state index in [1.54, 1.807) is 6.07 Å². The largest absolute Gasteiger partial charge is 1.00 e. The molecule has 0 radical (unpaired) electrons. The molecule has 1 aliphatic heterocycles. The van der Waals surface area contributed by atoms with Crippen LogP contribution in [0.15, 0.2) is 47.4 Å². The molecule has 33 heavy (non-hydrogen) atoms. The maximum atomic E-state index is 12.1. The number of hydrogen-bond donors (Lipinski definition) is 3. The summed E-state index contributed by atoms with van der Waals surface area (Å²) in [6, 6.07) is 8.45. The number of anilines is 1. The van der Waals surface area contributed by atoms with Crippen LogP contribution in [0, 0.1) is 0 Å². The van der Waals surface area contributed by atoms with Gasteiger partial charge >= 0.3 is 64.8 Å². The Kier molecular flexibility index (Phi) is 11.9. The first-order valence-corrected chi connectivity index (χ1v) is 10.3. The summed E-state index contributed by atoms with van der Waals surface area (Å²) in [7, 11) is -5.22. The van der Waals surface area contributed by atoms with Crippen molar-refractivity contribution in [3.05, 3.63) is 58.6 Å². The normalized spacial score (nSPS) is 24.7. The number of phosphoric acid groups is 1. The van der Waals surface area contributed by atoms with Gasteiger partial charge in [0.05, 0.1) is 12.6 Å². The van der Waals surface area contributed by atoms with Crippen molar-refractivity contribution in [2.75, 3.05) is 12.3 Å². The number of hydrogen-bond acceptors (Lipinski definition) is 12. The molecule has 1 fully saturated rings. The van der Waals surface area contributed by atoms with Crippen molar-refractivity contribution in [2.24, 2.45) is 0 Å². The van der Waals surface area contributed by atoms with Gasteiger partial charge in [-0.15, -0.1) is 0 Å². The van der Waals surface area contributed by atoms with Crippen molar-refractivity contribution in [3.63, 3.8) is 0 Å². The van der Waals surface area contributed by atoms with Crippen molar-refractivity contribution in [1.29, 1.82) is 0 Å². The van der Waals surface area contributed by atoms with E-state index in [0.717, 1.165) is 4.57 Å². The number of carboxylic acids is 1. The summed E-state index contributed by atoms with van der Waals surface area (Å²) < 4.78 is 27.5. The minimum atomic E-state index is -5.22. The van der Waals surface area contributed by atoms with Crippen LogP contribution in [0.1, 0.15) is 17.9 Å². The van der Waals surface area contributed by atoms with Gasteiger partial charge in [-0.3, -0.25) is 9.13 Å². The average Bonchev–Trinajstić information content (AvgIpc) is 2.99. The number of carbonyl (C=O) groups is 1. The summed E-state index contributed by atoms with van der Waals surface area (Å²) in [5.41, 5.74) is 4.53. The zero-order valence-corrected chi connectivity index (χ0v) is 22.6. The fourth-order valence-corrected chi connectivity index (χ4v) is 3.76. The van der Waals surface area contributed by atoms with Crippen LogP contribution in [0.3, 0.4) is 0 Å². The number of phosphoric ester groups is 1. The maximum Gasteiger partial charge on any atom is 1.00 e. The Morgan fingerprint density at radius 3 is 2.45 bits per heavy atom. The number of nitrogen functional groups attached to an aromatic ring is 1. The van der Waals surface area contributed by atoms with Gasteiger partial charge in [-0.05, 0) is 11.6 Å². The SMILES string of the molecule is Nc1ccn([C@@H]2O[C@H](COP(=O)([O-])O[C@H](C(=O)[O-])c3ccccc3)[C@@H](O)[C@H]2O)c(=O)n1.[Na+].[Na+]. The molecule has 168 valence electrons. The number of benzene rings is 1. The number of aromatic nitrogens is 2. The second-order valence-electron chi connectivity index (χ2n) is 6.55. The molecule has 1 unspecified atom stereocenters. The number of aliphatic carboxylic acids is 1. The summed E-state index contributed by atoms with van der Waals surface area (Å²) >= 11 is 0. The summed E-state index contributed by atoms with van der Waals surface area (Å²) in [5, 5.41) is 31.6. The molecule has 16 heteroatoms. The van der Waals surface area contributed by atoms with E-state index in [9.17, 15) is 34.4 Å². The van der Waals surface area contributed by atoms with Crippen LogP contribution >= 0.6 is 7.82 Å². The van der Waals surface area contributed by atoms with Gasteiger partial charge in [-0.25, -0.2) is 4.79 Å². The van der Waals surface area contributed by atoms with Gasteiger partial charge < -0.3 is 44.5 Å². The molecule has 1 aromatic heterocycles. The van der Waals surface area contributed by atoms with E-state index >= 15 is 0 Å². The van der Waals surface area contributed by atoms with Crippen molar-refractivity contribution >= 4 is 19.6 Å². The van der Waals surface area contributed by atoms with Gasteiger partial charge in [0.2, 0.25) is 0 Å². The molecule has 0 amide bonds. The molecule has 3 rings (SSSR count). The third kappa shape index (κ3) is 7.67. The molecule has 1 saturated heterocycles. The Bertz CT molecular complexity index is 1040. The van der Waals surface area contributed by atoms with E-state index in [1.165, 1.54) is 36.5 Å². The van der Waals surface area contributed by atoms with Gasteiger partial charge in [-0.2, -0.15) is 4.98 Å². The third-order valence-electron chi connectivity index (χ3n) is 4.41. The van der Waals surface area contributed by atoms with E-state index in [0.29, 0.717) is 0 Å². The monoisotopic (exact) mass is 501 g/mol. The predicted molar refractivity (Wildman–Crippen MR) is 97.7 cm³/mol. The van der Waals surface area contributed by atoms with Crippen LogP contribution in [0.4, 0.5) is 5.82 Å². The molecule has 0 spiro atoms. The van der Waals surface area contributed by atoms with Gasteiger partial charge in [0.1, 0.15) is 30.2 Å². The predicted octanol–water partition coefficient (Wildman–Crippen LogP) is -8.55. The minimum Gasteiger partial charge on any atom is -0.756 e. The molecule has 2 heterocycles. The Hall–Kier alpha value is -0.640. The van der Waals surface area contributed by atoms with Crippen molar-refractivity contribution < 1.29 is 102 Å². The van der Waals surface area contributed by atoms with Crippen LogP contribution < -0.4 is 80.5 Å². The van der Waals surface area contributed by atoms with Gasteiger partial charge in [0, 0.05) is 6.20 Å². The Morgan fingerprint density at radius 1 is 1.24 bits per heavy atom. The zero-order chi connectivity index (χ0) is 22.8. The number of carbonyl (C=O) groups excluding carboxylic acids is 1. The number of ether oxygens (including phenoxy) is 1. The Morgan fingerprint density at radius 2 is 1.88 bits per heavy atom. The molecule has 1 aliphatic rings. The molecule has 0 aliphatic carbocycles. The summed E-state index contributed by atoms with van der Waals surface area (Å²) in [5.74, 6) is -1.88. The van der Waals surface area contributed by atoms with E-state index in [-0.39, 0.29) is 70.5 Å². The molecule has 13 nitrogen and oxygen atoms in total. The topological polar surface area (TPSA) is 209 Å². The molecule has 0 bridgehead atoms. The van der Waals surface area contributed by atoms with Crippen molar-refractivity contribution in [3.8, 4) is 0 Å². The average molecular weight is 501 g/mol. The van der Waals surface area contributed by atoms with Gasteiger partial charge in [0.15, 0.2) is 6.23 Å². The van der Waals surface area contributed by atoms with Crippen LogP contribution in [0.25, 0.3) is 0 Å². The van der Waals surface area contributed by atoms with Gasteiger partial charge in [-0.1, -0.05) is 30.3 Å². The minimum absolute atomic E-state index is 0. The van der Waals surface area contributed by atoms with Gasteiger partial charge in [0.25, 0.3) is 7.82 Å². The first kappa shape index (κ1) is 30.4. The first-order valence-electron chi connectivity index (χ1n) is 8.85. The van der Waals surface area contributed by atoms with Crippen LogP contribution in [-0.4, -0.2) is 50.7 Å². The van der Waals surface area contributed by atoms with E-state index in [4.69, 9.17) is 10.5 Å². The number of aliphatic hydroxyl groups excluding tert-OH is 2. The Balaban J connectivity index is 0.00000272. The molecule has 0 saturated carbocycles. The Labute approximate surface area is 231 Å². The second-order valence-corrected chi connectivity index (χ2v) is 7.91. The first-order chi connectivity index (χ1) is 14.6. The summed E-state index contributed by atoms with van der Waals surface area (Å²) in [6.45, 7) is -0.832. The second kappa shape index (κ2) is 12.9. The quantitative estimate of drug-likeness (QED) is 0.228. The molecule has 6 atom stereocenters. The van der Waals surface area contributed by atoms with Crippen molar-refractivity contribution in [2.45, 2.75) is 30.6 Å². The van der Waals surface area contributed by atoms with Crippen molar-refractivity contribution in [1.82, 2.24) is 9.55 Å². The van der Waals surface area contributed by atoms with Crippen LogP contribution in [0.2, 0.25) is 0 Å². The number of rotatable bonds is 8. The molecule has 2 aromatic rings. The van der Waals surface area contributed by atoms with E-state index in [2.05, 4.69) is 14.0 Å². The van der Waals surface area contributed by atoms with E-state index in [1.807, 2.05) is 0 Å². The van der Waals surface area contributed by atoms with Crippen LogP contribution in [-0.2, 0) is 23.1 Å². The zero-order valence-electron chi connectivity index (χ0n) is 17.7. The number of nitrogens with zero attached hydrogens (tertiary/aromatic N) is 2. The molecular formula is C17H18N3Na2O10P.